The van der Waals surface area contributed by atoms with Crippen molar-refractivity contribution in [1.82, 2.24) is 4.90 Å². The molecule has 3 nitrogen and oxygen atoms in total. The number of para-hydroxylation sites is 1. The minimum atomic E-state index is 0.0344. The molecule has 2 N–H and O–H groups in total. The maximum atomic E-state index is 12.5. The van der Waals surface area contributed by atoms with Crippen molar-refractivity contribution in [3.8, 4) is 0 Å². The fraction of sp³-hybridized carbons (Fsp3) is 0.188. The largest absolute Gasteiger partial charge is 0.398 e. The predicted molar refractivity (Wildman–Crippen MR) is 90.4 cm³/mol. The first kappa shape index (κ1) is 14.8. The smallest absolute Gasteiger partial charge is 0.254 e. The highest BCUT2D eigenvalue weighted by Crippen LogP contribution is 2.16. The third-order valence-electron chi connectivity index (χ3n) is 3.18. The molecule has 1 amide bonds. The van der Waals surface area contributed by atoms with Crippen LogP contribution in [0.1, 0.15) is 22.8 Å². The van der Waals surface area contributed by atoms with Crippen LogP contribution in [0.2, 0.25) is 0 Å². The number of rotatable bonds is 4. The lowest BCUT2D eigenvalue weighted by atomic mass is 10.1. The van der Waals surface area contributed by atoms with Crippen LogP contribution in [-0.4, -0.2) is 17.4 Å². The number of nitrogen functional groups attached to an aromatic ring is 1. The molecule has 0 spiro atoms. The highest BCUT2D eigenvalue weighted by molar-refractivity contribution is 14.1. The molecule has 0 aliphatic heterocycles. The molecule has 20 heavy (non-hydrogen) atoms. The van der Waals surface area contributed by atoms with Crippen LogP contribution in [0.5, 0.6) is 0 Å². The Hall–Kier alpha value is -1.56. The zero-order chi connectivity index (χ0) is 14.5. The maximum Gasteiger partial charge on any atom is 0.254 e. The van der Waals surface area contributed by atoms with Gasteiger partial charge < -0.3 is 10.6 Å². The zero-order valence-electron chi connectivity index (χ0n) is 11.3. The van der Waals surface area contributed by atoms with Crippen molar-refractivity contribution < 1.29 is 4.79 Å². The van der Waals surface area contributed by atoms with Crippen LogP contribution < -0.4 is 5.73 Å². The van der Waals surface area contributed by atoms with Crippen molar-refractivity contribution >= 4 is 34.2 Å². The summed E-state index contributed by atoms with van der Waals surface area (Å²) in [6.45, 7) is 3.16. The Bertz CT molecular complexity index is 596. The second kappa shape index (κ2) is 6.74. The lowest BCUT2D eigenvalue weighted by molar-refractivity contribution is 0.0753. The average Bonchev–Trinajstić information content (AvgIpc) is 2.46. The van der Waals surface area contributed by atoms with Gasteiger partial charge in [0.15, 0.2) is 0 Å². The molecule has 0 fully saturated rings. The molecule has 0 atom stereocenters. The monoisotopic (exact) mass is 380 g/mol. The van der Waals surface area contributed by atoms with Crippen LogP contribution >= 0.6 is 22.6 Å². The minimum Gasteiger partial charge on any atom is -0.398 e. The molecule has 0 saturated heterocycles. The summed E-state index contributed by atoms with van der Waals surface area (Å²) >= 11 is 2.23. The summed E-state index contributed by atoms with van der Waals surface area (Å²) in [5, 5.41) is 0. The lowest BCUT2D eigenvalue weighted by Crippen LogP contribution is -2.30. The van der Waals surface area contributed by atoms with Gasteiger partial charge in [0.2, 0.25) is 0 Å². The number of nitrogens with zero attached hydrogens (tertiary/aromatic N) is 1. The Morgan fingerprint density at radius 2 is 1.80 bits per heavy atom. The first-order chi connectivity index (χ1) is 9.61. The van der Waals surface area contributed by atoms with Crippen LogP contribution in [-0.2, 0) is 6.54 Å². The molecular formula is C16H17IN2O. The van der Waals surface area contributed by atoms with Crippen molar-refractivity contribution in [2.75, 3.05) is 12.3 Å². The predicted octanol–water partition coefficient (Wildman–Crippen LogP) is 3.54. The third kappa shape index (κ3) is 3.50. The van der Waals surface area contributed by atoms with E-state index in [-0.39, 0.29) is 5.91 Å². The molecule has 0 radical (unpaired) electrons. The highest BCUT2D eigenvalue weighted by atomic mass is 127. The summed E-state index contributed by atoms with van der Waals surface area (Å²) in [5.41, 5.74) is 8.36. The molecule has 2 aromatic carbocycles. The molecule has 0 aromatic heterocycles. The minimum absolute atomic E-state index is 0.0344. The molecule has 0 aliphatic rings. The molecule has 0 bridgehead atoms. The Balaban J connectivity index is 2.18. The number of hydrogen-bond acceptors (Lipinski definition) is 2. The molecule has 4 heteroatoms. The van der Waals surface area contributed by atoms with Gasteiger partial charge >= 0.3 is 0 Å². The first-order valence-corrected chi connectivity index (χ1v) is 7.58. The molecule has 0 aliphatic carbocycles. The second-order valence-corrected chi connectivity index (χ2v) is 5.77. The third-order valence-corrected chi connectivity index (χ3v) is 3.90. The SMILES string of the molecule is CCN(Cc1ccccc1N)C(=O)c1ccc(I)cc1. The number of hydrogen-bond donors (Lipinski definition) is 1. The van der Waals surface area contributed by atoms with Crippen LogP contribution in [0.15, 0.2) is 48.5 Å². The number of halogens is 1. The lowest BCUT2D eigenvalue weighted by Gasteiger charge is -2.22. The zero-order valence-corrected chi connectivity index (χ0v) is 13.5. The Morgan fingerprint density at radius 3 is 2.40 bits per heavy atom. The van der Waals surface area contributed by atoms with Gasteiger partial charge in [-0.2, -0.15) is 0 Å². The number of amides is 1. The number of benzene rings is 2. The Kier molecular flexibility index (Phi) is 5.00. The number of nitrogens with two attached hydrogens (primary N) is 1. The first-order valence-electron chi connectivity index (χ1n) is 6.50. The molecule has 104 valence electrons. The molecule has 0 heterocycles. The van der Waals surface area contributed by atoms with E-state index in [0.717, 1.165) is 14.8 Å². The van der Waals surface area contributed by atoms with Gasteiger partial charge in [0.25, 0.3) is 5.91 Å². The standard InChI is InChI=1S/C16H17IN2O/c1-2-19(11-13-5-3-4-6-15(13)18)16(20)12-7-9-14(17)10-8-12/h3-10H,2,11,18H2,1H3. The van der Waals surface area contributed by atoms with E-state index in [4.69, 9.17) is 5.73 Å². The topological polar surface area (TPSA) is 46.3 Å². The van der Waals surface area contributed by atoms with E-state index in [1.807, 2.05) is 55.5 Å². The van der Waals surface area contributed by atoms with Crippen molar-refractivity contribution in [2.45, 2.75) is 13.5 Å². The van der Waals surface area contributed by atoms with Gasteiger partial charge in [0.1, 0.15) is 0 Å². The normalized spacial score (nSPS) is 10.3. The summed E-state index contributed by atoms with van der Waals surface area (Å²) < 4.78 is 1.12. The van der Waals surface area contributed by atoms with Gasteiger partial charge in [-0.15, -0.1) is 0 Å². The van der Waals surface area contributed by atoms with Gasteiger partial charge in [-0.05, 0) is 65.4 Å². The van der Waals surface area contributed by atoms with Crippen LogP contribution in [0.4, 0.5) is 5.69 Å². The molecule has 0 saturated carbocycles. The van der Waals surface area contributed by atoms with Gasteiger partial charge in [-0.3, -0.25) is 4.79 Å². The average molecular weight is 380 g/mol. The summed E-state index contributed by atoms with van der Waals surface area (Å²) in [6, 6.07) is 15.3. The van der Waals surface area contributed by atoms with Gasteiger partial charge in [-0.1, -0.05) is 18.2 Å². The van der Waals surface area contributed by atoms with E-state index in [9.17, 15) is 4.79 Å². The fourth-order valence-electron chi connectivity index (χ4n) is 1.99. The van der Waals surface area contributed by atoms with Gasteiger partial charge in [0.05, 0.1) is 0 Å². The van der Waals surface area contributed by atoms with E-state index in [1.165, 1.54) is 0 Å². The van der Waals surface area contributed by atoms with Crippen molar-refractivity contribution in [3.63, 3.8) is 0 Å². The molecule has 2 aromatic rings. The van der Waals surface area contributed by atoms with E-state index < -0.39 is 0 Å². The summed E-state index contributed by atoms with van der Waals surface area (Å²) in [7, 11) is 0. The van der Waals surface area contributed by atoms with Crippen LogP contribution in [0.25, 0.3) is 0 Å². The Labute approximate surface area is 132 Å². The van der Waals surface area contributed by atoms with Gasteiger partial charge in [0, 0.05) is 27.9 Å². The number of carbonyl (C=O) groups is 1. The van der Waals surface area contributed by atoms with Crippen LogP contribution in [0.3, 0.4) is 0 Å². The fourth-order valence-corrected chi connectivity index (χ4v) is 2.35. The molecule has 2 rings (SSSR count). The van der Waals surface area contributed by atoms with Crippen molar-refractivity contribution in [3.05, 3.63) is 63.2 Å². The van der Waals surface area contributed by atoms with E-state index >= 15 is 0 Å². The Morgan fingerprint density at radius 1 is 1.15 bits per heavy atom. The quantitative estimate of drug-likeness (QED) is 0.652. The number of carbonyl (C=O) groups excluding carboxylic acids is 1. The van der Waals surface area contributed by atoms with E-state index in [2.05, 4.69) is 22.6 Å². The van der Waals surface area contributed by atoms with E-state index in [0.29, 0.717) is 18.7 Å². The molecular weight excluding hydrogens is 363 g/mol. The maximum absolute atomic E-state index is 12.5. The number of anilines is 1. The summed E-state index contributed by atoms with van der Waals surface area (Å²) in [4.78, 5) is 14.3. The molecule has 0 unspecified atom stereocenters. The van der Waals surface area contributed by atoms with Crippen molar-refractivity contribution in [1.29, 1.82) is 0 Å². The summed E-state index contributed by atoms with van der Waals surface area (Å²) in [5.74, 6) is 0.0344. The highest BCUT2D eigenvalue weighted by Gasteiger charge is 2.15. The van der Waals surface area contributed by atoms with Crippen molar-refractivity contribution in [2.24, 2.45) is 0 Å². The summed E-state index contributed by atoms with van der Waals surface area (Å²) in [6.07, 6.45) is 0. The van der Waals surface area contributed by atoms with Gasteiger partial charge in [-0.25, -0.2) is 0 Å². The second-order valence-electron chi connectivity index (χ2n) is 4.53. The van der Waals surface area contributed by atoms with E-state index in [1.54, 1.807) is 4.90 Å². The van der Waals surface area contributed by atoms with Crippen LogP contribution in [0, 0.1) is 3.57 Å².